The number of rotatable bonds is 5. The number of carbonyl (C=O) groups excluding carboxylic acids is 1. The molecule has 0 radical (unpaired) electrons. The molecule has 2 aromatic rings. The summed E-state index contributed by atoms with van der Waals surface area (Å²) < 4.78 is 10.6. The maximum absolute atomic E-state index is 12.7. The summed E-state index contributed by atoms with van der Waals surface area (Å²) in [5.74, 6) is 2.37. The Morgan fingerprint density at radius 1 is 1.29 bits per heavy atom. The van der Waals surface area contributed by atoms with Gasteiger partial charge in [0, 0.05) is 24.4 Å². The molecule has 1 amide bonds. The standard InChI is InChI=1S/C17H24N4O3/c1-10(2)16-18-17(24-20-16)14-6-5-9-21(14)15(22)8-7-13-11(3)19-23-12(13)4/h10,14H,5-9H2,1-4H3/t14-/m1/s1. The Hall–Kier alpha value is -2.18. The van der Waals surface area contributed by atoms with Crippen LogP contribution in [0.5, 0.6) is 0 Å². The quantitative estimate of drug-likeness (QED) is 0.836. The molecule has 1 aliphatic heterocycles. The normalized spacial score (nSPS) is 17.9. The first-order valence-electron chi connectivity index (χ1n) is 8.52. The molecule has 0 bridgehead atoms. The molecule has 1 atom stereocenters. The topological polar surface area (TPSA) is 85.3 Å². The molecule has 2 aromatic heterocycles. The molecule has 3 heterocycles. The Bertz CT molecular complexity index is 700. The number of carbonyl (C=O) groups is 1. The average molecular weight is 332 g/mol. The zero-order chi connectivity index (χ0) is 17.3. The van der Waals surface area contributed by atoms with E-state index in [4.69, 9.17) is 9.05 Å². The van der Waals surface area contributed by atoms with Gasteiger partial charge in [-0.2, -0.15) is 4.98 Å². The van der Waals surface area contributed by atoms with E-state index >= 15 is 0 Å². The molecule has 0 N–H and O–H groups in total. The molecule has 0 unspecified atom stereocenters. The number of aryl methyl sites for hydroxylation is 2. The summed E-state index contributed by atoms with van der Waals surface area (Å²) in [4.78, 5) is 19.0. The summed E-state index contributed by atoms with van der Waals surface area (Å²) in [6, 6.07) is -0.0952. The lowest BCUT2D eigenvalue weighted by atomic mass is 10.1. The Kier molecular flexibility index (Phi) is 4.69. The van der Waals surface area contributed by atoms with Crippen LogP contribution in [0.3, 0.4) is 0 Å². The fraction of sp³-hybridized carbons (Fsp3) is 0.647. The monoisotopic (exact) mass is 332 g/mol. The van der Waals surface area contributed by atoms with Crippen LogP contribution in [-0.4, -0.2) is 32.6 Å². The lowest BCUT2D eigenvalue weighted by molar-refractivity contribution is -0.132. The van der Waals surface area contributed by atoms with Crippen molar-refractivity contribution in [2.24, 2.45) is 0 Å². The lowest BCUT2D eigenvalue weighted by Crippen LogP contribution is -2.31. The van der Waals surface area contributed by atoms with Crippen LogP contribution in [0.1, 0.15) is 73.8 Å². The predicted octanol–water partition coefficient (Wildman–Crippen LogP) is 3.09. The molecule has 1 saturated heterocycles. The van der Waals surface area contributed by atoms with Crippen LogP contribution in [0.15, 0.2) is 9.05 Å². The van der Waals surface area contributed by atoms with E-state index < -0.39 is 0 Å². The van der Waals surface area contributed by atoms with Crippen molar-refractivity contribution in [1.82, 2.24) is 20.2 Å². The Morgan fingerprint density at radius 3 is 2.71 bits per heavy atom. The predicted molar refractivity (Wildman–Crippen MR) is 86.4 cm³/mol. The maximum Gasteiger partial charge on any atom is 0.249 e. The SMILES string of the molecule is Cc1noc(C)c1CCC(=O)N1CCC[C@@H]1c1nc(C(C)C)no1. The smallest absolute Gasteiger partial charge is 0.249 e. The largest absolute Gasteiger partial charge is 0.361 e. The molecule has 24 heavy (non-hydrogen) atoms. The van der Waals surface area contributed by atoms with Gasteiger partial charge in [0.25, 0.3) is 0 Å². The summed E-state index contributed by atoms with van der Waals surface area (Å²) in [7, 11) is 0. The number of hydrogen-bond donors (Lipinski definition) is 0. The van der Waals surface area contributed by atoms with Gasteiger partial charge < -0.3 is 13.9 Å². The van der Waals surface area contributed by atoms with Crippen LogP contribution >= 0.6 is 0 Å². The van der Waals surface area contributed by atoms with Crippen LogP contribution in [0.25, 0.3) is 0 Å². The van der Waals surface area contributed by atoms with Crippen molar-refractivity contribution < 1.29 is 13.8 Å². The van der Waals surface area contributed by atoms with Gasteiger partial charge >= 0.3 is 0 Å². The molecule has 0 spiro atoms. The van der Waals surface area contributed by atoms with Crippen LogP contribution in [-0.2, 0) is 11.2 Å². The second-order valence-corrected chi connectivity index (χ2v) is 6.69. The number of amides is 1. The van der Waals surface area contributed by atoms with E-state index in [1.165, 1.54) is 0 Å². The first-order valence-corrected chi connectivity index (χ1v) is 8.52. The molecule has 1 aliphatic rings. The fourth-order valence-corrected chi connectivity index (χ4v) is 3.17. The Morgan fingerprint density at radius 2 is 2.08 bits per heavy atom. The highest BCUT2D eigenvalue weighted by atomic mass is 16.5. The van der Waals surface area contributed by atoms with Gasteiger partial charge in [0.15, 0.2) is 5.82 Å². The van der Waals surface area contributed by atoms with Crippen molar-refractivity contribution in [2.75, 3.05) is 6.54 Å². The summed E-state index contributed by atoms with van der Waals surface area (Å²) in [5, 5.41) is 7.96. The number of aromatic nitrogens is 3. The second kappa shape index (κ2) is 6.75. The van der Waals surface area contributed by atoms with Crippen LogP contribution in [0.4, 0.5) is 0 Å². The summed E-state index contributed by atoms with van der Waals surface area (Å²) in [6.45, 7) is 8.57. The van der Waals surface area contributed by atoms with E-state index in [1.807, 2.05) is 32.6 Å². The van der Waals surface area contributed by atoms with Gasteiger partial charge in [-0.25, -0.2) is 0 Å². The maximum atomic E-state index is 12.7. The molecule has 7 nitrogen and oxygen atoms in total. The summed E-state index contributed by atoms with van der Waals surface area (Å²) in [6.07, 6.45) is 2.91. The van der Waals surface area contributed by atoms with E-state index in [9.17, 15) is 4.79 Å². The van der Waals surface area contributed by atoms with Crippen molar-refractivity contribution in [1.29, 1.82) is 0 Å². The van der Waals surface area contributed by atoms with Crippen LogP contribution in [0, 0.1) is 13.8 Å². The molecule has 7 heteroatoms. The minimum atomic E-state index is -0.0952. The van der Waals surface area contributed by atoms with Gasteiger partial charge in [-0.15, -0.1) is 0 Å². The Labute approximate surface area is 141 Å². The molecule has 130 valence electrons. The number of likely N-dealkylation sites (tertiary alicyclic amines) is 1. The molecular weight excluding hydrogens is 308 g/mol. The highest BCUT2D eigenvalue weighted by Crippen LogP contribution is 2.32. The average Bonchev–Trinajstić information content (AvgIpc) is 3.25. The van der Waals surface area contributed by atoms with Gasteiger partial charge in [-0.05, 0) is 33.1 Å². The highest BCUT2D eigenvalue weighted by Gasteiger charge is 2.34. The van der Waals surface area contributed by atoms with E-state index in [1.54, 1.807) is 0 Å². The van der Waals surface area contributed by atoms with E-state index in [0.717, 1.165) is 36.4 Å². The van der Waals surface area contributed by atoms with Gasteiger partial charge in [-0.1, -0.05) is 24.2 Å². The third-order valence-corrected chi connectivity index (χ3v) is 4.60. The third-order valence-electron chi connectivity index (χ3n) is 4.60. The zero-order valence-electron chi connectivity index (χ0n) is 14.7. The van der Waals surface area contributed by atoms with Crippen molar-refractivity contribution in [3.8, 4) is 0 Å². The lowest BCUT2D eigenvalue weighted by Gasteiger charge is -2.21. The first-order chi connectivity index (χ1) is 11.5. The molecule has 0 aliphatic carbocycles. The highest BCUT2D eigenvalue weighted by molar-refractivity contribution is 5.77. The second-order valence-electron chi connectivity index (χ2n) is 6.69. The van der Waals surface area contributed by atoms with Crippen LogP contribution in [0.2, 0.25) is 0 Å². The van der Waals surface area contributed by atoms with Gasteiger partial charge in [0.1, 0.15) is 11.8 Å². The fourth-order valence-electron chi connectivity index (χ4n) is 3.17. The molecule has 3 rings (SSSR count). The van der Waals surface area contributed by atoms with Crippen molar-refractivity contribution in [2.45, 2.75) is 65.3 Å². The third kappa shape index (κ3) is 3.20. The molecule has 1 fully saturated rings. The van der Waals surface area contributed by atoms with Gasteiger partial charge in [0.05, 0.1) is 5.69 Å². The molecular formula is C17H24N4O3. The summed E-state index contributed by atoms with van der Waals surface area (Å²) in [5.41, 5.74) is 1.88. The number of hydrogen-bond acceptors (Lipinski definition) is 6. The zero-order valence-corrected chi connectivity index (χ0v) is 14.7. The van der Waals surface area contributed by atoms with Crippen molar-refractivity contribution >= 4 is 5.91 Å². The van der Waals surface area contributed by atoms with Crippen LogP contribution < -0.4 is 0 Å². The minimum absolute atomic E-state index is 0.0952. The molecule has 0 saturated carbocycles. The van der Waals surface area contributed by atoms with E-state index in [0.29, 0.717) is 24.6 Å². The molecule has 0 aromatic carbocycles. The number of nitrogens with zero attached hydrogens (tertiary/aromatic N) is 4. The first kappa shape index (κ1) is 16.7. The summed E-state index contributed by atoms with van der Waals surface area (Å²) >= 11 is 0. The minimum Gasteiger partial charge on any atom is -0.361 e. The van der Waals surface area contributed by atoms with Crippen molar-refractivity contribution in [3.05, 3.63) is 28.7 Å². The van der Waals surface area contributed by atoms with Crippen molar-refractivity contribution in [3.63, 3.8) is 0 Å². The van der Waals surface area contributed by atoms with Gasteiger partial charge in [0.2, 0.25) is 11.8 Å². The Balaban J connectivity index is 1.67. The van der Waals surface area contributed by atoms with E-state index in [-0.39, 0.29) is 17.9 Å². The van der Waals surface area contributed by atoms with Gasteiger partial charge in [-0.3, -0.25) is 4.79 Å². The van der Waals surface area contributed by atoms with E-state index in [2.05, 4.69) is 15.3 Å².